The molecule has 0 aliphatic carbocycles. The number of hydrogen-bond acceptors (Lipinski definition) is 3. The summed E-state index contributed by atoms with van der Waals surface area (Å²) < 4.78 is 5.44. The lowest BCUT2D eigenvalue weighted by Gasteiger charge is -2.14. The lowest BCUT2D eigenvalue weighted by molar-refractivity contribution is 0.432. The van der Waals surface area contributed by atoms with Crippen molar-refractivity contribution in [2.24, 2.45) is 0 Å². The molecule has 1 unspecified atom stereocenters. The fourth-order valence-electron chi connectivity index (χ4n) is 1.88. The smallest absolute Gasteiger partial charge is 0.208 e. The second-order valence-electron chi connectivity index (χ2n) is 4.81. The zero-order chi connectivity index (χ0) is 13.1. The molecule has 0 bridgehead atoms. The highest BCUT2D eigenvalue weighted by Gasteiger charge is 2.07. The Morgan fingerprint density at radius 2 is 2.00 bits per heavy atom. The summed E-state index contributed by atoms with van der Waals surface area (Å²) in [4.78, 5) is 4.18. The van der Waals surface area contributed by atoms with E-state index in [4.69, 9.17) is 4.42 Å². The summed E-state index contributed by atoms with van der Waals surface area (Å²) in [5.41, 5.74) is 3.95. The summed E-state index contributed by atoms with van der Waals surface area (Å²) in [7, 11) is 0. The molecule has 1 heterocycles. The van der Waals surface area contributed by atoms with Crippen molar-refractivity contribution in [3.63, 3.8) is 0 Å². The van der Waals surface area contributed by atoms with Crippen LogP contribution in [0.1, 0.15) is 41.3 Å². The van der Waals surface area contributed by atoms with Crippen LogP contribution in [0.2, 0.25) is 0 Å². The number of oxazole rings is 1. The van der Waals surface area contributed by atoms with Gasteiger partial charge in [-0.05, 0) is 44.4 Å². The Hall–Kier alpha value is -1.61. The van der Waals surface area contributed by atoms with E-state index < -0.39 is 0 Å². The first kappa shape index (κ1) is 12.8. The standard InChI is InChI=1S/C15H20N2O/c1-10-5-6-14(7-11(10)2)13(4)16-9-15-17-8-12(3)18-15/h5-8,13,16H,9H2,1-4H3. The molecular weight excluding hydrogens is 224 g/mol. The minimum absolute atomic E-state index is 0.288. The Morgan fingerprint density at radius 1 is 1.22 bits per heavy atom. The SMILES string of the molecule is Cc1cnc(CNC(C)c2ccc(C)c(C)c2)o1. The largest absolute Gasteiger partial charge is 0.445 e. The third-order valence-electron chi connectivity index (χ3n) is 3.26. The van der Waals surface area contributed by atoms with Crippen LogP contribution in [0.4, 0.5) is 0 Å². The molecule has 0 radical (unpaired) electrons. The number of aromatic nitrogens is 1. The van der Waals surface area contributed by atoms with Gasteiger partial charge >= 0.3 is 0 Å². The molecule has 1 aromatic carbocycles. The Bertz CT molecular complexity index is 531. The number of nitrogens with one attached hydrogen (secondary N) is 1. The second kappa shape index (κ2) is 5.36. The first-order valence-electron chi connectivity index (χ1n) is 6.28. The Labute approximate surface area is 108 Å². The van der Waals surface area contributed by atoms with Crippen molar-refractivity contribution < 1.29 is 4.42 Å². The van der Waals surface area contributed by atoms with Gasteiger partial charge in [-0.25, -0.2) is 4.98 Å². The van der Waals surface area contributed by atoms with E-state index in [9.17, 15) is 0 Å². The second-order valence-corrected chi connectivity index (χ2v) is 4.81. The highest BCUT2D eigenvalue weighted by atomic mass is 16.4. The maximum absolute atomic E-state index is 5.44. The summed E-state index contributed by atoms with van der Waals surface area (Å²) >= 11 is 0. The number of aryl methyl sites for hydroxylation is 3. The molecule has 0 saturated heterocycles. The van der Waals surface area contributed by atoms with Crippen LogP contribution >= 0.6 is 0 Å². The summed E-state index contributed by atoms with van der Waals surface area (Å²) in [6.07, 6.45) is 1.75. The van der Waals surface area contributed by atoms with Crippen LogP contribution in [0, 0.1) is 20.8 Å². The van der Waals surface area contributed by atoms with Crippen molar-refractivity contribution in [1.82, 2.24) is 10.3 Å². The summed E-state index contributed by atoms with van der Waals surface area (Å²) in [6.45, 7) is 8.99. The Morgan fingerprint density at radius 3 is 2.61 bits per heavy atom. The van der Waals surface area contributed by atoms with Crippen molar-refractivity contribution in [2.45, 2.75) is 40.3 Å². The van der Waals surface area contributed by atoms with Crippen LogP contribution < -0.4 is 5.32 Å². The molecule has 0 aliphatic rings. The number of rotatable bonds is 4. The first-order valence-corrected chi connectivity index (χ1v) is 6.28. The molecule has 1 aromatic heterocycles. The molecule has 1 atom stereocenters. The highest BCUT2D eigenvalue weighted by molar-refractivity contribution is 5.31. The van der Waals surface area contributed by atoms with Gasteiger partial charge in [-0.1, -0.05) is 18.2 Å². The van der Waals surface area contributed by atoms with Crippen molar-refractivity contribution in [2.75, 3.05) is 0 Å². The summed E-state index contributed by atoms with van der Waals surface area (Å²) in [6, 6.07) is 6.85. The first-order chi connectivity index (χ1) is 8.56. The van der Waals surface area contributed by atoms with E-state index in [1.165, 1.54) is 16.7 Å². The predicted octanol–water partition coefficient (Wildman–Crippen LogP) is 3.45. The number of hydrogen-bond donors (Lipinski definition) is 1. The van der Waals surface area contributed by atoms with E-state index in [0.29, 0.717) is 6.54 Å². The monoisotopic (exact) mass is 244 g/mol. The third kappa shape index (κ3) is 2.99. The third-order valence-corrected chi connectivity index (χ3v) is 3.26. The minimum atomic E-state index is 0.288. The van der Waals surface area contributed by atoms with Gasteiger partial charge in [-0.15, -0.1) is 0 Å². The molecule has 3 heteroatoms. The van der Waals surface area contributed by atoms with E-state index in [-0.39, 0.29) is 6.04 Å². The van der Waals surface area contributed by atoms with Crippen LogP contribution in [0.5, 0.6) is 0 Å². The molecular formula is C15H20N2O. The quantitative estimate of drug-likeness (QED) is 0.895. The number of benzene rings is 1. The van der Waals surface area contributed by atoms with Gasteiger partial charge in [0.25, 0.3) is 0 Å². The van der Waals surface area contributed by atoms with Crippen LogP contribution in [0.15, 0.2) is 28.8 Å². The molecule has 2 rings (SSSR count). The van der Waals surface area contributed by atoms with E-state index in [2.05, 4.69) is 49.3 Å². The molecule has 3 nitrogen and oxygen atoms in total. The summed E-state index contributed by atoms with van der Waals surface area (Å²) in [5.74, 6) is 1.59. The fourth-order valence-corrected chi connectivity index (χ4v) is 1.88. The lowest BCUT2D eigenvalue weighted by atomic mass is 10.0. The maximum atomic E-state index is 5.44. The van der Waals surface area contributed by atoms with Crippen molar-refractivity contribution in [3.05, 3.63) is 52.7 Å². The highest BCUT2D eigenvalue weighted by Crippen LogP contribution is 2.17. The zero-order valence-corrected chi connectivity index (χ0v) is 11.4. The fraction of sp³-hybridized carbons (Fsp3) is 0.400. The average Bonchev–Trinajstić information content (AvgIpc) is 2.75. The summed E-state index contributed by atoms with van der Waals surface area (Å²) in [5, 5.41) is 3.42. The van der Waals surface area contributed by atoms with Crippen molar-refractivity contribution >= 4 is 0 Å². The average molecular weight is 244 g/mol. The lowest BCUT2D eigenvalue weighted by Crippen LogP contribution is -2.18. The van der Waals surface area contributed by atoms with Crippen LogP contribution in [0.25, 0.3) is 0 Å². The molecule has 18 heavy (non-hydrogen) atoms. The van der Waals surface area contributed by atoms with Gasteiger partial charge in [0, 0.05) is 6.04 Å². The molecule has 0 saturated carbocycles. The molecule has 96 valence electrons. The van der Waals surface area contributed by atoms with Gasteiger partial charge in [-0.2, -0.15) is 0 Å². The van der Waals surface area contributed by atoms with Crippen LogP contribution in [0.3, 0.4) is 0 Å². The zero-order valence-electron chi connectivity index (χ0n) is 11.4. The van der Waals surface area contributed by atoms with E-state index in [0.717, 1.165) is 11.7 Å². The molecule has 1 N–H and O–H groups in total. The van der Waals surface area contributed by atoms with Gasteiger partial charge in [0.15, 0.2) is 0 Å². The van der Waals surface area contributed by atoms with Crippen LogP contribution in [-0.2, 0) is 6.54 Å². The Kier molecular flexibility index (Phi) is 3.82. The van der Waals surface area contributed by atoms with E-state index >= 15 is 0 Å². The Balaban J connectivity index is 1.99. The predicted molar refractivity (Wildman–Crippen MR) is 72.4 cm³/mol. The molecule has 0 spiro atoms. The normalized spacial score (nSPS) is 12.7. The number of nitrogens with zero attached hydrogens (tertiary/aromatic N) is 1. The molecule has 2 aromatic rings. The minimum Gasteiger partial charge on any atom is -0.445 e. The topological polar surface area (TPSA) is 38.1 Å². The van der Waals surface area contributed by atoms with Gasteiger partial charge in [0.1, 0.15) is 5.76 Å². The van der Waals surface area contributed by atoms with Crippen molar-refractivity contribution in [3.8, 4) is 0 Å². The van der Waals surface area contributed by atoms with Crippen molar-refractivity contribution in [1.29, 1.82) is 0 Å². The molecule has 0 fully saturated rings. The van der Waals surface area contributed by atoms with Gasteiger partial charge in [0.05, 0.1) is 12.7 Å². The van der Waals surface area contributed by atoms with Gasteiger partial charge in [-0.3, -0.25) is 0 Å². The van der Waals surface area contributed by atoms with Crippen LogP contribution in [-0.4, -0.2) is 4.98 Å². The van der Waals surface area contributed by atoms with E-state index in [1.54, 1.807) is 6.20 Å². The van der Waals surface area contributed by atoms with Gasteiger partial charge in [0.2, 0.25) is 5.89 Å². The van der Waals surface area contributed by atoms with E-state index in [1.807, 2.05) is 6.92 Å². The maximum Gasteiger partial charge on any atom is 0.208 e. The molecule has 0 amide bonds. The molecule has 0 aliphatic heterocycles. The van der Waals surface area contributed by atoms with Gasteiger partial charge < -0.3 is 9.73 Å².